The summed E-state index contributed by atoms with van der Waals surface area (Å²) < 4.78 is 11.1. The topological polar surface area (TPSA) is 64.6 Å². The van der Waals surface area contributed by atoms with E-state index in [0.29, 0.717) is 23.6 Å². The number of anilines is 1. The van der Waals surface area contributed by atoms with Gasteiger partial charge in [-0.25, -0.2) is 4.79 Å². The molecule has 0 heterocycles. The maximum atomic E-state index is 13.0. The van der Waals surface area contributed by atoms with Gasteiger partial charge in [0, 0.05) is 11.6 Å². The van der Waals surface area contributed by atoms with Crippen LogP contribution in [0.3, 0.4) is 0 Å². The van der Waals surface area contributed by atoms with Gasteiger partial charge in [-0.15, -0.1) is 0 Å². The Balaban J connectivity index is 1.78. The normalized spacial score (nSPS) is 11.6. The average Bonchev–Trinajstić information content (AvgIpc) is 2.79. The molecule has 0 aromatic heterocycles. The highest BCUT2D eigenvalue weighted by atomic mass is 16.5. The molecule has 0 bridgehead atoms. The van der Waals surface area contributed by atoms with E-state index < -0.39 is 18.0 Å². The van der Waals surface area contributed by atoms with Gasteiger partial charge in [0.15, 0.2) is 0 Å². The maximum Gasteiger partial charge on any atom is 0.331 e. The van der Waals surface area contributed by atoms with Crippen LogP contribution in [-0.4, -0.2) is 18.5 Å². The van der Waals surface area contributed by atoms with Gasteiger partial charge >= 0.3 is 5.97 Å². The molecule has 152 valence electrons. The first kappa shape index (κ1) is 20.9. The molecule has 1 atom stereocenters. The fraction of sp³-hybridized carbons (Fsp3) is 0.120. The number of ether oxygens (including phenoxy) is 2. The maximum absolute atomic E-state index is 13.0. The summed E-state index contributed by atoms with van der Waals surface area (Å²) in [5.74, 6) is -0.522. The zero-order valence-electron chi connectivity index (χ0n) is 16.7. The number of rotatable bonds is 8. The van der Waals surface area contributed by atoms with Crippen LogP contribution in [-0.2, 0) is 14.3 Å². The number of amides is 1. The van der Waals surface area contributed by atoms with Crippen molar-refractivity contribution in [2.75, 3.05) is 11.9 Å². The minimum absolute atomic E-state index is 0.463. The molecule has 0 aliphatic heterocycles. The largest absolute Gasteiger partial charge is 0.492 e. The summed E-state index contributed by atoms with van der Waals surface area (Å²) >= 11 is 0. The molecule has 0 unspecified atom stereocenters. The van der Waals surface area contributed by atoms with Crippen LogP contribution in [0.2, 0.25) is 0 Å². The highest BCUT2D eigenvalue weighted by Gasteiger charge is 2.25. The Bertz CT molecular complexity index is 1000. The molecule has 0 aliphatic rings. The monoisotopic (exact) mass is 401 g/mol. The van der Waals surface area contributed by atoms with E-state index in [0.717, 1.165) is 5.56 Å². The highest BCUT2D eigenvalue weighted by Crippen LogP contribution is 2.26. The van der Waals surface area contributed by atoms with Gasteiger partial charge in [0.25, 0.3) is 5.91 Å². The molecule has 1 N–H and O–H groups in total. The molecule has 3 aromatic rings. The van der Waals surface area contributed by atoms with Gasteiger partial charge in [0.1, 0.15) is 5.75 Å². The van der Waals surface area contributed by atoms with Crippen LogP contribution in [0.1, 0.15) is 24.2 Å². The predicted octanol–water partition coefficient (Wildman–Crippen LogP) is 5.02. The van der Waals surface area contributed by atoms with Crippen LogP contribution in [0.4, 0.5) is 5.69 Å². The molecular formula is C25H23NO4. The van der Waals surface area contributed by atoms with E-state index in [4.69, 9.17) is 9.47 Å². The van der Waals surface area contributed by atoms with E-state index in [1.54, 1.807) is 48.5 Å². The minimum atomic E-state index is -1.10. The zero-order chi connectivity index (χ0) is 21.2. The first-order valence-corrected chi connectivity index (χ1v) is 9.68. The lowest BCUT2D eigenvalue weighted by atomic mass is 10.1. The Kier molecular flexibility index (Phi) is 7.39. The van der Waals surface area contributed by atoms with Crippen LogP contribution in [0, 0.1) is 0 Å². The Morgan fingerprint density at radius 1 is 0.900 bits per heavy atom. The summed E-state index contributed by atoms with van der Waals surface area (Å²) in [7, 11) is 0. The van der Waals surface area contributed by atoms with Crippen molar-refractivity contribution in [3.8, 4) is 5.75 Å². The third-order valence-corrected chi connectivity index (χ3v) is 4.23. The summed E-state index contributed by atoms with van der Waals surface area (Å²) in [6.07, 6.45) is 1.85. The molecule has 5 nitrogen and oxygen atoms in total. The number of benzene rings is 3. The molecule has 0 aliphatic carbocycles. The Morgan fingerprint density at radius 3 is 2.23 bits per heavy atom. The molecule has 0 saturated heterocycles. The number of hydrogen-bond acceptors (Lipinski definition) is 4. The number of para-hydroxylation sites is 2. The van der Waals surface area contributed by atoms with E-state index in [2.05, 4.69) is 5.32 Å². The number of hydrogen-bond donors (Lipinski definition) is 1. The Labute approximate surface area is 176 Å². The third-order valence-electron chi connectivity index (χ3n) is 4.23. The molecule has 5 heteroatoms. The summed E-state index contributed by atoms with van der Waals surface area (Å²) in [5, 5.41) is 2.81. The smallest absolute Gasteiger partial charge is 0.331 e. The van der Waals surface area contributed by atoms with Crippen LogP contribution in [0.15, 0.2) is 91.0 Å². The quantitative estimate of drug-likeness (QED) is 0.425. The van der Waals surface area contributed by atoms with Crippen molar-refractivity contribution >= 4 is 23.6 Å². The van der Waals surface area contributed by atoms with Crippen molar-refractivity contribution in [2.45, 2.75) is 13.0 Å². The predicted molar refractivity (Wildman–Crippen MR) is 117 cm³/mol. The molecule has 0 spiro atoms. The van der Waals surface area contributed by atoms with Crippen LogP contribution in [0.5, 0.6) is 5.75 Å². The summed E-state index contributed by atoms with van der Waals surface area (Å²) in [4.78, 5) is 25.4. The fourth-order valence-electron chi connectivity index (χ4n) is 2.83. The van der Waals surface area contributed by atoms with Crippen molar-refractivity contribution in [2.24, 2.45) is 0 Å². The van der Waals surface area contributed by atoms with Gasteiger partial charge in [-0.2, -0.15) is 0 Å². The average molecular weight is 401 g/mol. The van der Waals surface area contributed by atoms with Crippen molar-refractivity contribution in [3.63, 3.8) is 0 Å². The van der Waals surface area contributed by atoms with Crippen molar-refractivity contribution in [3.05, 3.63) is 102 Å². The van der Waals surface area contributed by atoms with E-state index >= 15 is 0 Å². The summed E-state index contributed by atoms with van der Waals surface area (Å²) in [6, 6.07) is 25.4. The number of nitrogens with one attached hydrogen (secondary N) is 1. The van der Waals surface area contributed by atoms with Crippen molar-refractivity contribution < 1.29 is 19.1 Å². The minimum Gasteiger partial charge on any atom is -0.492 e. The van der Waals surface area contributed by atoms with Crippen molar-refractivity contribution in [1.82, 2.24) is 0 Å². The summed E-state index contributed by atoms with van der Waals surface area (Å²) in [6.45, 7) is 2.33. The second kappa shape index (κ2) is 10.6. The second-order valence-electron chi connectivity index (χ2n) is 6.39. The Morgan fingerprint density at radius 2 is 1.53 bits per heavy atom. The number of carbonyl (C=O) groups excluding carboxylic acids is 2. The second-order valence-corrected chi connectivity index (χ2v) is 6.39. The van der Waals surface area contributed by atoms with Crippen molar-refractivity contribution in [1.29, 1.82) is 0 Å². The fourth-order valence-corrected chi connectivity index (χ4v) is 2.83. The summed E-state index contributed by atoms with van der Waals surface area (Å²) in [5.41, 5.74) is 1.95. The molecule has 0 fully saturated rings. The van der Waals surface area contributed by atoms with E-state index in [1.807, 2.05) is 49.4 Å². The van der Waals surface area contributed by atoms with Gasteiger partial charge in [-0.05, 0) is 30.7 Å². The Hall–Kier alpha value is -3.86. The van der Waals surface area contributed by atoms with Gasteiger partial charge in [0.05, 0.1) is 12.3 Å². The lowest BCUT2D eigenvalue weighted by molar-refractivity contribution is -0.149. The molecule has 30 heavy (non-hydrogen) atoms. The lowest BCUT2D eigenvalue weighted by Crippen LogP contribution is -2.25. The van der Waals surface area contributed by atoms with Gasteiger partial charge in [-0.3, -0.25) is 4.79 Å². The number of carbonyl (C=O) groups is 2. The highest BCUT2D eigenvalue weighted by molar-refractivity contribution is 5.98. The SMILES string of the molecule is CCOc1ccccc1NC(=O)[C@H](OC(=O)/C=C/c1ccccc1)c1ccccc1. The molecule has 3 rings (SSSR count). The van der Waals surface area contributed by atoms with Crippen LogP contribution < -0.4 is 10.1 Å². The number of esters is 1. The van der Waals surface area contributed by atoms with E-state index in [1.165, 1.54) is 6.08 Å². The zero-order valence-corrected chi connectivity index (χ0v) is 16.7. The van der Waals surface area contributed by atoms with E-state index in [-0.39, 0.29) is 0 Å². The first-order valence-electron chi connectivity index (χ1n) is 9.68. The molecule has 0 radical (unpaired) electrons. The van der Waals surface area contributed by atoms with Crippen LogP contribution >= 0.6 is 0 Å². The van der Waals surface area contributed by atoms with Gasteiger partial charge in [-0.1, -0.05) is 72.8 Å². The molecular weight excluding hydrogens is 378 g/mol. The van der Waals surface area contributed by atoms with Gasteiger partial charge < -0.3 is 14.8 Å². The standard InChI is InChI=1S/C25H23NO4/c1-2-29-22-16-10-9-15-21(22)26-25(28)24(20-13-7-4-8-14-20)30-23(27)18-17-19-11-5-3-6-12-19/h3-18,24H,2H2,1H3,(H,26,28)/b18-17+/t24-/m1/s1. The third kappa shape index (κ3) is 5.82. The van der Waals surface area contributed by atoms with Crippen LogP contribution in [0.25, 0.3) is 6.08 Å². The molecule has 1 amide bonds. The first-order chi connectivity index (χ1) is 14.7. The molecule has 3 aromatic carbocycles. The lowest BCUT2D eigenvalue weighted by Gasteiger charge is -2.18. The molecule has 0 saturated carbocycles. The van der Waals surface area contributed by atoms with Gasteiger partial charge in [0.2, 0.25) is 6.10 Å². The van der Waals surface area contributed by atoms with E-state index in [9.17, 15) is 9.59 Å².